The molecular weight excluding hydrogens is 356 g/mol. The molecule has 0 radical (unpaired) electrons. The second-order valence-electron chi connectivity index (χ2n) is 5.63. The molecule has 0 saturated heterocycles. The lowest BCUT2D eigenvalue weighted by Crippen LogP contribution is -2.40. The third-order valence-corrected chi connectivity index (χ3v) is 4.29. The van der Waals surface area contributed by atoms with Gasteiger partial charge in [0.25, 0.3) is 0 Å². The minimum absolute atomic E-state index is 0. The summed E-state index contributed by atoms with van der Waals surface area (Å²) in [4.78, 5) is 12.0. The van der Waals surface area contributed by atoms with Crippen LogP contribution in [0.2, 0.25) is 0 Å². The molecule has 0 aliphatic rings. The maximum absolute atomic E-state index is 12.0. The highest BCUT2D eigenvalue weighted by atomic mass is 35.5. The van der Waals surface area contributed by atoms with Crippen LogP contribution in [0.4, 0.5) is 0 Å². The van der Waals surface area contributed by atoms with Crippen LogP contribution in [0.1, 0.15) is 17.5 Å². The molecule has 2 aromatic rings. The zero-order valence-corrected chi connectivity index (χ0v) is 16.2. The lowest BCUT2D eigenvalue weighted by molar-refractivity contribution is -0.122. The Balaban J connectivity index is 0.00000312. The largest absolute Gasteiger partial charge is 0.457 e. The Hall–Kier alpha value is -1.69. The van der Waals surface area contributed by atoms with E-state index in [1.165, 1.54) is 5.56 Å². The molecule has 0 aromatic heterocycles. The third kappa shape index (κ3) is 6.98. The molecule has 0 bridgehead atoms. The van der Waals surface area contributed by atoms with Crippen molar-refractivity contribution in [2.45, 2.75) is 25.9 Å². The van der Waals surface area contributed by atoms with Crippen molar-refractivity contribution in [3.63, 3.8) is 0 Å². The molecule has 1 amide bonds. The number of nitrogens with one attached hydrogen (secondary N) is 1. The van der Waals surface area contributed by atoms with Gasteiger partial charge in [-0.15, -0.1) is 12.4 Å². The van der Waals surface area contributed by atoms with Gasteiger partial charge in [-0.05, 0) is 43.6 Å². The monoisotopic (exact) mass is 380 g/mol. The number of rotatable bonds is 8. The summed E-state index contributed by atoms with van der Waals surface area (Å²) >= 11 is 1.69. The third-order valence-electron chi connectivity index (χ3n) is 3.64. The predicted molar refractivity (Wildman–Crippen MR) is 108 cm³/mol. The molecule has 0 fully saturated rings. The molecule has 6 heteroatoms. The van der Waals surface area contributed by atoms with Crippen molar-refractivity contribution in [3.8, 4) is 11.5 Å². The molecule has 2 rings (SSSR count). The Labute approximate surface area is 159 Å². The number of hydrogen-bond donors (Lipinski definition) is 2. The van der Waals surface area contributed by atoms with Crippen molar-refractivity contribution in [2.75, 3.05) is 12.0 Å². The molecule has 0 unspecified atom stereocenters. The Morgan fingerprint density at radius 2 is 1.88 bits per heavy atom. The number of para-hydroxylation sites is 1. The second-order valence-corrected chi connectivity index (χ2v) is 6.61. The predicted octanol–water partition coefficient (Wildman–Crippen LogP) is 3.91. The van der Waals surface area contributed by atoms with Crippen LogP contribution in [-0.2, 0) is 11.3 Å². The molecule has 2 aromatic carbocycles. The van der Waals surface area contributed by atoms with E-state index in [0.717, 1.165) is 22.8 Å². The standard InChI is InChI=1S/C19H24N2O2S.ClH/c1-14-7-9-16(10-8-14)23-18-6-4-3-5-15(18)13-21-19(22)17(20)11-12-24-2;/h3-10,17H,11-13,20H2,1-2H3,(H,21,22);1H/t17-;/m0./s1. The number of benzene rings is 2. The molecule has 25 heavy (non-hydrogen) atoms. The maximum Gasteiger partial charge on any atom is 0.237 e. The second kappa shape index (κ2) is 11.0. The average Bonchev–Trinajstić information content (AvgIpc) is 2.60. The molecule has 4 nitrogen and oxygen atoms in total. The van der Waals surface area contributed by atoms with Crippen LogP contribution >= 0.6 is 24.2 Å². The fraction of sp³-hybridized carbons (Fsp3) is 0.316. The Kier molecular flexibility index (Phi) is 9.42. The van der Waals surface area contributed by atoms with Gasteiger partial charge in [0.2, 0.25) is 5.91 Å². The van der Waals surface area contributed by atoms with Crippen LogP contribution in [0.3, 0.4) is 0 Å². The number of halogens is 1. The smallest absolute Gasteiger partial charge is 0.237 e. The fourth-order valence-electron chi connectivity index (χ4n) is 2.17. The first-order valence-corrected chi connectivity index (χ1v) is 9.34. The first-order chi connectivity index (χ1) is 11.6. The number of carbonyl (C=O) groups excluding carboxylic acids is 1. The van der Waals surface area contributed by atoms with E-state index in [4.69, 9.17) is 10.5 Å². The number of aryl methyl sites for hydroxylation is 1. The summed E-state index contributed by atoms with van der Waals surface area (Å²) in [5.74, 6) is 2.26. The van der Waals surface area contributed by atoms with Gasteiger partial charge in [-0.25, -0.2) is 0 Å². The van der Waals surface area contributed by atoms with Gasteiger partial charge in [-0.2, -0.15) is 11.8 Å². The zero-order chi connectivity index (χ0) is 17.4. The number of thioether (sulfide) groups is 1. The van der Waals surface area contributed by atoms with Gasteiger partial charge >= 0.3 is 0 Å². The van der Waals surface area contributed by atoms with Crippen LogP contribution in [-0.4, -0.2) is 24.0 Å². The zero-order valence-electron chi connectivity index (χ0n) is 14.5. The minimum atomic E-state index is -0.470. The van der Waals surface area contributed by atoms with Gasteiger partial charge in [0.05, 0.1) is 6.04 Å². The van der Waals surface area contributed by atoms with Crippen molar-refractivity contribution >= 4 is 30.1 Å². The highest BCUT2D eigenvalue weighted by molar-refractivity contribution is 7.98. The number of amides is 1. The molecule has 0 heterocycles. The Morgan fingerprint density at radius 1 is 1.20 bits per heavy atom. The van der Waals surface area contributed by atoms with E-state index in [1.807, 2.05) is 61.7 Å². The lowest BCUT2D eigenvalue weighted by Gasteiger charge is -2.14. The molecule has 1 atom stereocenters. The molecule has 0 saturated carbocycles. The van der Waals surface area contributed by atoms with Crippen molar-refractivity contribution in [1.29, 1.82) is 0 Å². The van der Waals surface area contributed by atoms with Crippen molar-refractivity contribution in [2.24, 2.45) is 5.73 Å². The highest BCUT2D eigenvalue weighted by Crippen LogP contribution is 2.25. The van der Waals surface area contributed by atoms with Gasteiger partial charge < -0.3 is 15.8 Å². The van der Waals surface area contributed by atoms with E-state index in [-0.39, 0.29) is 18.3 Å². The fourth-order valence-corrected chi connectivity index (χ4v) is 2.66. The van der Waals surface area contributed by atoms with Crippen molar-refractivity contribution in [3.05, 3.63) is 59.7 Å². The summed E-state index contributed by atoms with van der Waals surface area (Å²) < 4.78 is 5.94. The van der Waals surface area contributed by atoms with Gasteiger partial charge in [-0.3, -0.25) is 4.79 Å². The number of carbonyl (C=O) groups is 1. The van der Waals surface area contributed by atoms with E-state index < -0.39 is 6.04 Å². The Morgan fingerprint density at radius 3 is 2.56 bits per heavy atom. The molecule has 3 N–H and O–H groups in total. The lowest BCUT2D eigenvalue weighted by atomic mass is 10.1. The summed E-state index contributed by atoms with van der Waals surface area (Å²) in [5.41, 5.74) is 7.99. The highest BCUT2D eigenvalue weighted by Gasteiger charge is 2.13. The van der Waals surface area contributed by atoms with Gasteiger partial charge in [0, 0.05) is 12.1 Å². The average molecular weight is 381 g/mol. The first kappa shape index (κ1) is 21.4. The van der Waals surface area contributed by atoms with Gasteiger partial charge in [0.15, 0.2) is 0 Å². The maximum atomic E-state index is 12.0. The van der Waals surface area contributed by atoms with Crippen molar-refractivity contribution < 1.29 is 9.53 Å². The molecule has 0 aliphatic carbocycles. The molecule has 0 spiro atoms. The summed E-state index contributed by atoms with van der Waals surface area (Å²) in [6.45, 7) is 2.43. The molecule has 136 valence electrons. The molecular formula is C19H25ClN2O2S. The summed E-state index contributed by atoms with van der Waals surface area (Å²) in [7, 11) is 0. The number of ether oxygens (including phenoxy) is 1. The quantitative estimate of drug-likeness (QED) is 0.728. The van der Waals surface area contributed by atoms with E-state index in [9.17, 15) is 4.79 Å². The summed E-state index contributed by atoms with van der Waals surface area (Å²) in [6.07, 6.45) is 2.68. The van der Waals surface area contributed by atoms with E-state index in [1.54, 1.807) is 11.8 Å². The van der Waals surface area contributed by atoms with Gasteiger partial charge in [0.1, 0.15) is 11.5 Å². The summed E-state index contributed by atoms with van der Waals surface area (Å²) in [6, 6.07) is 15.1. The van der Waals surface area contributed by atoms with E-state index >= 15 is 0 Å². The Bertz CT molecular complexity index is 665. The minimum Gasteiger partial charge on any atom is -0.457 e. The summed E-state index contributed by atoms with van der Waals surface area (Å²) in [5, 5.41) is 2.89. The number of nitrogens with two attached hydrogens (primary N) is 1. The SMILES string of the molecule is CSCC[C@H](N)C(=O)NCc1ccccc1Oc1ccc(C)cc1.Cl. The van der Waals surface area contributed by atoms with E-state index in [2.05, 4.69) is 5.32 Å². The van der Waals surface area contributed by atoms with Crippen LogP contribution in [0, 0.1) is 6.92 Å². The number of hydrogen-bond acceptors (Lipinski definition) is 4. The topological polar surface area (TPSA) is 64.4 Å². The van der Waals surface area contributed by atoms with Gasteiger partial charge in [-0.1, -0.05) is 35.9 Å². The van der Waals surface area contributed by atoms with Crippen LogP contribution < -0.4 is 15.8 Å². The van der Waals surface area contributed by atoms with Crippen LogP contribution in [0.5, 0.6) is 11.5 Å². The van der Waals surface area contributed by atoms with Crippen molar-refractivity contribution in [1.82, 2.24) is 5.32 Å². The molecule has 0 aliphatic heterocycles. The van der Waals surface area contributed by atoms with Crippen LogP contribution in [0.15, 0.2) is 48.5 Å². The van der Waals surface area contributed by atoms with E-state index in [0.29, 0.717) is 13.0 Å². The normalized spacial score (nSPS) is 11.3. The first-order valence-electron chi connectivity index (χ1n) is 7.95. The van der Waals surface area contributed by atoms with Crippen LogP contribution in [0.25, 0.3) is 0 Å².